The number of nitrogens with zero attached hydrogens (tertiary/aromatic N) is 4. The molecule has 6 rings (SSSR count). The number of nitrogens with two attached hydrogens (primary N) is 1. The largest absolute Gasteiger partial charge is 0.509 e. The normalized spacial score (nSPS) is 24.0. The number of imidazole rings is 1. The molecule has 0 radical (unpaired) electrons. The average molecular weight is 627 g/mol. The lowest BCUT2D eigenvalue weighted by atomic mass is 10.1. The number of carbonyl (C=O) groups excluding carboxylic acids is 2. The highest BCUT2D eigenvalue weighted by atomic mass is 31.2. The number of carbonyl (C=O) groups is 2. The van der Waals surface area contributed by atoms with E-state index in [0.717, 1.165) is 5.39 Å². The van der Waals surface area contributed by atoms with Crippen LogP contribution < -0.4 is 15.3 Å². The van der Waals surface area contributed by atoms with Gasteiger partial charge in [-0.05, 0) is 39.1 Å². The molecule has 0 amide bonds. The molecule has 4 heterocycles. The molecule has 15 nitrogen and oxygen atoms in total. The highest BCUT2D eigenvalue weighted by Gasteiger charge is 2.58. The van der Waals surface area contributed by atoms with Gasteiger partial charge in [0.1, 0.15) is 29.7 Å². The van der Waals surface area contributed by atoms with E-state index in [9.17, 15) is 14.2 Å². The van der Waals surface area contributed by atoms with Crippen LogP contribution in [0.3, 0.4) is 0 Å². The summed E-state index contributed by atoms with van der Waals surface area (Å²) in [7, 11) is -4.35. The molecule has 4 aromatic rings. The maximum absolute atomic E-state index is 14.5. The van der Waals surface area contributed by atoms with Gasteiger partial charge in [-0.25, -0.2) is 24.3 Å². The van der Waals surface area contributed by atoms with Gasteiger partial charge in [-0.3, -0.25) is 13.9 Å². The van der Waals surface area contributed by atoms with Crippen molar-refractivity contribution < 1.29 is 42.1 Å². The van der Waals surface area contributed by atoms with Gasteiger partial charge in [0.25, 0.3) is 0 Å². The third kappa shape index (κ3) is 5.66. The van der Waals surface area contributed by atoms with Gasteiger partial charge in [-0.15, -0.1) is 0 Å². The Morgan fingerprint density at radius 2 is 1.80 bits per heavy atom. The van der Waals surface area contributed by atoms with E-state index in [1.54, 1.807) is 37.5 Å². The van der Waals surface area contributed by atoms with Crippen molar-refractivity contribution in [2.24, 2.45) is 0 Å². The van der Waals surface area contributed by atoms with E-state index < -0.39 is 62.7 Å². The predicted octanol–water partition coefficient (Wildman–Crippen LogP) is 3.89. The summed E-state index contributed by atoms with van der Waals surface area (Å²) in [6, 6.07) is 11.6. The Kier molecular flexibility index (Phi) is 7.88. The van der Waals surface area contributed by atoms with Crippen molar-refractivity contribution in [3.8, 4) is 5.75 Å². The molecule has 2 aliphatic heterocycles. The van der Waals surface area contributed by atoms with Gasteiger partial charge >= 0.3 is 19.9 Å². The van der Waals surface area contributed by atoms with Gasteiger partial charge in [-0.2, -0.15) is 5.09 Å². The molecule has 44 heavy (non-hydrogen) atoms. The topological polar surface area (TPSA) is 188 Å². The number of anilines is 1. The summed E-state index contributed by atoms with van der Waals surface area (Å²) in [5, 5.41) is 4.22. The fraction of sp³-hybridized carbons (Fsp3) is 0.393. The molecule has 5 unspecified atom stereocenters. The zero-order valence-corrected chi connectivity index (χ0v) is 25.1. The van der Waals surface area contributed by atoms with Gasteiger partial charge in [0.05, 0.1) is 18.5 Å². The molecule has 2 aromatic carbocycles. The van der Waals surface area contributed by atoms with Crippen LogP contribution in [0.25, 0.3) is 21.9 Å². The minimum Gasteiger partial charge on any atom is -0.462 e. The molecule has 0 bridgehead atoms. The molecule has 0 aliphatic carbocycles. The molecule has 0 saturated carbocycles. The quantitative estimate of drug-likeness (QED) is 0.191. The molecular weight excluding hydrogens is 595 g/mol. The minimum atomic E-state index is -4.35. The molecule has 232 valence electrons. The maximum atomic E-state index is 14.5. The number of aromatic nitrogens is 4. The Balaban J connectivity index is 1.30. The minimum absolute atomic E-state index is 0.166. The zero-order valence-electron chi connectivity index (χ0n) is 24.2. The number of hydrogen-bond donors (Lipinski definition) is 2. The van der Waals surface area contributed by atoms with E-state index in [1.807, 2.05) is 30.3 Å². The van der Waals surface area contributed by atoms with Crippen molar-refractivity contribution in [1.82, 2.24) is 24.6 Å². The molecule has 0 spiro atoms. The predicted molar refractivity (Wildman–Crippen MR) is 155 cm³/mol. The van der Waals surface area contributed by atoms with Crippen LogP contribution in [-0.4, -0.2) is 68.2 Å². The summed E-state index contributed by atoms with van der Waals surface area (Å²) in [6.07, 6.45) is -3.41. The van der Waals surface area contributed by atoms with Gasteiger partial charge in [0, 0.05) is 5.39 Å². The number of ether oxygens (including phenoxy) is 4. The number of nitrogen functional groups attached to an aromatic ring is 1. The Morgan fingerprint density at radius 1 is 1.05 bits per heavy atom. The van der Waals surface area contributed by atoms with Crippen LogP contribution in [0.1, 0.15) is 33.9 Å². The van der Waals surface area contributed by atoms with Crippen LogP contribution in [-0.2, 0) is 32.8 Å². The monoisotopic (exact) mass is 626 g/mol. The zero-order chi connectivity index (χ0) is 31.2. The Bertz CT molecular complexity index is 1760. The molecule has 3 N–H and O–H groups in total. The van der Waals surface area contributed by atoms with Gasteiger partial charge in [0.2, 0.25) is 0 Å². The number of rotatable bonds is 10. The smallest absolute Gasteiger partial charge is 0.462 e. The van der Waals surface area contributed by atoms with Gasteiger partial charge in [0.15, 0.2) is 29.9 Å². The summed E-state index contributed by atoms with van der Waals surface area (Å²) < 4.78 is 50.6. The molecule has 2 saturated heterocycles. The number of benzene rings is 2. The third-order valence-corrected chi connectivity index (χ3v) is 8.89. The molecule has 2 aliphatic rings. The lowest BCUT2D eigenvalue weighted by Crippen LogP contribution is -2.41. The second-order valence-electron chi connectivity index (χ2n) is 10.7. The van der Waals surface area contributed by atoms with Crippen molar-refractivity contribution in [3.63, 3.8) is 0 Å². The number of esters is 1. The van der Waals surface area contributed by atoms with E-state index in [4.69, 9.17) is 33.7 Å². The molecule has 2 fully saturated rings. The van der Waals surface area contributed by atoms with E-state index in [0.29, 0.717) is 16.6 Å². The van der Waals surface area contributed by atoms with Crippen molar-refractivity contribution in [2.45, 2.75) is 70.5 Å². The summed E-state index contributed by atoms with van der Waals surface area (Å²) in [6.45, 7) is 6.48. The van der Waals surface area contributed by atoms with E-state index in [2.05, 4.69) is 20.0 Å². The second kappa shape index (κ2) is 11.7. The van der Waals surface area contributed by atoms with Crippen molar-refractivity contribution in [2.75, 3.05) is 5.73 Å². The summed E-state index contributed by atoms with van der Waals surface area (Å²) in [5.41, 5.74) is 6.63. The average Bonchev–Trinajstić information content (AvgIpc) is 3.66. The fourth-order valence-electron chi connectivity index (χ4n) is 5.22. The SMILES string of the molecule is CC(C)OC(=O)C(C)NP(=O)(Oc1cccc2ccccc12)OC(C)[C@H]1O[C@@H](n2cnc3c(N)ncnc32)C2OC(=O)OC21. The number of hydrogen-bond acceptors (Lipinski definition) is 13. The van der Waals surface area contributed by atoms with Crippen LogP contribution >= 0.6 is 7.75 Å². The Morgan fingerprint density at radius 3 is 2.59 bits per heavy atom. The van der Waals surface area contributed by atoms with Crippen molar-refractivity contribution >= 4 is 47.6 Å². The van der Waals surface area contributed by atoms with Crippen LogP contribution in [0.5, 0.6) is 5.75 Å². The summed E-state index contributed by atoms with van der Waals surface area (Å²) in [4.78, 5) is 37.4. The molecule has 7 atom stereocenters. The van der Waals surface area contributed by atoms with Crippen LogP contribution in [0, 0.1) is 0 Å². The van der Waals surface area contributed by atoms with Crippen LogP contribution in [0.4, 0.5) is 10.6 Å². The standard InChI is InChI=1S/C28H31N6O9P/c1-14(2)38-27(35)15(3)33-44(37,43-19-11-7-9-17-8-5-6-10-18(17)19)42-16(4)21-22-23(41-28(36)40-22)26(39-21)34-13-32-20-24(29)30-12-31-25(20)34/h5-16,21-23,26H,1-4H3,(H,33,37)(H2,29,30,31)/t15?,16?,21-,22?,23?,26-,44?/m1/s1. The first-order valence-corrected chi connectivity index (χ1v) is 15.5. The number of nitrogens with one attached hydrogen (secondary N) is 1. The molecule has 2 aromatic heterocycles. The fourth-order valence-corrected chi connectivity index (χ4v) is 6.93. The summed E-state index contributed by atoms with van der Waals surface area (Å²) in [5.74, 6) is -0.225. The first-order valence-electron chi connectivity index (χ1n) is 13.9. The number of fused-ring (bicyclic) bond motifs is 3. The molecule has 16 heteroatoms. The maximum Gasteiger partial charge on any atom is 0.509 e. The van der Waals surface area contributed by atoms with E-state index in [1.165, 1.54) is 19.6 Å². The first-order chi connectivity index (χ1) is 21.0. The highest BCUT2D eigenvalue weighted by molar-refractivity contribution is 7.52. The first kappa shape index (κ1) is 29.8. The van der Waals surface area contributed by atoms with Gasteiger partial charge < -0.3 is 29.2 Å². The molecular formula is C28H31N6O9P. The summed E-state index contributed by atoms with van der Waals surface area (Å²) >= 11 is 0. The van der Waals surface area contributed by atoms with Crippen LogP contribution in [0.2, 0.25) is 0 Å². The Labute approximate surface area is 251 Å². The second-order valence-corrected chi connectivity index (χ2v) is 12.3. The van der Waals surface area contributed by atoms with Crippen molar-refractivity contribution in [1.29, 1.82) is 0 Å². The van der Waals surface area contributed by atoms with E-state index in [-0.39, 0.29) is 11.6 Å². The lowest BCUT2D eigenvalue weighted by Gasteiger charge is -2.29. The van der Waals surface area contributed by atoms with Crippen molar-refractivity contribution in [3.05, 3.63) is 55.1 Å². The third-order valence-electron chi connectivity index (χ3n) is 7.14. The Hall–Kier alpha value is -4.30. The van der Waals surface area contributed by atoms with Gasteiger partial charge in [-0.1, -0.05) is 36.4 Å². The van der Waals surface area contributed by atoms with E-state index >= 15 is 0 Å². The lowest BCUT2D eigenvalue weighted by molar-refractivity contribution is -0.149. The van der Waals surface area contributed by atoms with Crippen LogP contribution in [0.15, 0.2) is 55.1 Å². The highest BCUT2D eigenvalue weighted by Crippen LogP contribution is 2.50.